The fourth-order valence-electron chi connectivity index (χ4n) is 1.98. The van der Waals surface area contributed by atoms with E-state index in [0.29, 0.717) is 0 Å². The highest BCUT2D eigenvalue weighted by molar-refractivity contribution is 5.88. The topological polar surface area (TPSA) is 96.6 Å². The zero-order valence-electron chi connectivity index (χ0n) is 11.2. The van der Waals surface area contributed by atoms with E-state index in [1.165, 1.54) is 0 Å². The molecule has 0 atom stereocenters. The molecule has 0 aliphatic rings. The summed E-state index contributed by atoms with van der Waals surface area (Å²) in [6.45, 7) is 3.98. The van der Waals surface area contributed by atoms with Gasteiger partial charge in [0.15, 0.2) is 0 Å². The van der Waals surface area contributed by atoms with E-state index in [-0.39, 0.29) is 23.1 Å². The summed E-state index contributed by atoms with van der Waals surface area (Å²) in [6.07, 6.45) is 2.79. The van der Waals surface area contributed by atoms with Crippen molar-refractivity contribution in [2.45, 2.75) is 32.7 Å². The highest BCUT2D eigenvalue weighted by Gasteiger charge is 2.24. The van der Waals surface area contributed by atoms with Crippen molar-refractivity contribution >= 4 is 17.5 Å². The predicted molar refractivity (Wildman–Crippen MR) is 70.6 cm³/mol. The van der Waals surface area contributed by atoms with Gasteiger partial charge in [-0.15, -0.1) is 0 Å². The van der Waals surface area contributed by atoms with Crippen LogP contribution in [0, 0.1) is 10.1 Å². The van der Waals surface area contributed by atoms with Crippen LogP contribution in [-0.2, 0) is 0 Å². The highest BCUT2D eigenvalue weighted by atomic mass is 16.6. The summed E-state index contributed by atoms with van der Waals surface area (Å²) in [4.78, 5) is 26.9. The van der Waals surface area contributed by atoms with E-state index < -0.39 is 10.9 Å². The molecule has 0 radical (unpaired) electrons. The lowest BCUT2D eigenvalue weighted by Gasteiger charge is -2.26. The number of carboxylic acid groups (broad SMARTS) is 1. The molecule has 0 saturated carbocycles. The van der Waals surface area contributed by atoms with Crippen molar-refractivity contribution in [2.24, 2.45) is 0 Å². The molecular weight excluding hydrogens is 250 g/mol. The van der Waals surface area contributed by atoms with Gasteiger partial charge in [0.2, 0.25) is 5.82 Å². The number of carboxylic acids is 1. The van der Waals surface area contributed by atoms with Gasteiger partial charge in [0, 0.05) is 25.4 Å². The van der Waals surface area contributed by atoms with E-state index in [1.807, 2.05) is 13.8 Å². The molecule has 0 amide bonds. The maximum Gasteiger partial charge on any atom is 0.337 e. The number of aromatic carboxylic acids is 1. The Balaban J connectivity index is 3.27. The number of anilines is 1. The van der Waals surface area contributed by atoms with Crippen molar-refractivity contribution in [2.75, 3.05) is 11.9 Å². The third kappa shape index (κ3) is 3.18. The van der Waals surface area contributed by atoms with Crippen molar-refractivity contribution in [1.82, 2.24) is 4.98 Å². The fourth-order valence-corrected chi connectivity index (χ4v) is 1.98. The third-order valence-electron chi connectivity index (χ3n) is 3.12. The molecule has 7 nitrogen and oxygen atoms in total. The molecule has 0 aliphatic heterocycles. The van der Waals surface area contributed by atoms with Gasteiger partial charge in [0.1, 0.15) is 0 Å². The maximum absolute atomic E-state index is 11.0. The number of hydrogen-bond donors (Lipinski definition) is 1. The lowest BCUT2D eigenvalue weighted by atomic mass is 10.1. The molecule has 1 heterocycles. The summed E-state index contributed by atoms with van der Waals surface area (Å²) in [5.41, 5.74) is -0.470. The summed E-state index contributed by atoms with van der Waals surface area (Å²) in [5, 5.41) is 19.9. The van der Waals surface area contributed by atoms with Crippen LogP contribution in [0.3, 0.4) is 0 Å². The summed E-state index contributed by atoms with van der Waals surface area (Å²) in [5.74, 6) is -1.03. The molecule has 0 saturated heterocycles. The Bertz CT molecular complexity index is 486. The Morgan fingerprint density at radius 1 is 1.53 bits per heavy atom. The van der Waals surface area contributed by atoms with Crippen LogP contribution < -0.4 is 4.90 Å². The van der Waals surface area contributed by atoms with Crippen LogP contribution in [-0.4, -0.2) is 34.1 Å². The number of carbonyl (C=O) groups is 1. The van der Waals surface area contributed by atoms with Crippen LogP contribution in [0.5, 0.6) is 0 Å². The number of nitro groups is 1. The molecular formula is C12H17N3O4. The van der Waals surface area contributed by atoms with Crippen LogP contribution in [0.2, 0.25) is 0 Å². The van der Waals surface area contributed by atoms with Crippen LogP contribution in [0.15, 0.2) is 12.3 Å². The maximum atomic E-state index is 11.0. The predicted octanol–water partition coefficient (Wildman–Crippen LogP) is 2.31. The molecule has 0 aromatic carbocycles. The normalized spacial score (nSPS) is 10.5. The van der Waals surface area contributed by atoms with Gasteiger partial charge in [-0.3, -0.25) is 10.1 Å². The molecule has 0 fully saturated rings. The lowest BCUT2D eigenvalue weighted by Crippen LogP contribution is -2.31. The molecule has 0 bridgehead atoms. The van der Waals surface area contributed by atoms with Crippen molar-refractivity contribution in [3.63, 3.8) is 0 Å². The zero-order valence-corrected chi connectivity index (χ0v) is 11.2. The van der Waals surface area contributed by atoms with Gasteiger partial charge in [-0.2, -0.15) is 0 Å². The summed E-state index contributed by atoms with van der Waals surface area (Å²) in [6, 6.07) is 1.17. The highest BCUT2D eigenvalue weighted by Crippen LogP contribution is 2.28. The molecule has 19 heavy (non-hydrogen) atoms. The summed E-state index contributed by atoms with van der Waals surface area (Å²) < 4.78 is 0. The van der Waals surface area contributed by atoms with E-state index in [9.17, 15) is 14.9 Å². The summed E-state index contributed by atoms with van der Waals surface area (Å²) in [7, 11) is 1.73. The van der Waals surface area contributed by atoms with E-state index in [0.717, 1.165) is 25.1 Å². The first-order valence-electron chi connectivity index (χ1n) is 6.02. The second-order valence-corrected chi connectivity index (χ2v) is 4.21. The molecule has 1 aromatic rings. The van der Waals surface area contributed by atoms with Gasteiger partial charge in [-0.25, -0.2) is 9.78 Å². The summed E-state index contributed by atoms with van der Waals surface area (Å²) >= 11 is 0. The first kappa shape index (κ1) is 14.9. The Morgan fingerprint density at radius 3 is 2.53 bits per heavy atom. The Morgan fingerprint density at radius 2 is 2.11 bits per heavy atom. The van der Waals surface area contributed by atoms with Crippen LogP contribution in [0.1, 0.15) is 37.0 Å². The minimum atomic E-state index is -1.23. The molecule has 0 unspecified atom stereocenters. The van der Waals surface area contributed by atoms with Crippen LogP contribution in [0.4, 0.5) is 11.5 Å². The van der Waals surface area contributed by atoms with Crippen molar-refractivity contribution in [3.05, 3.63) is 27.9 Å². The van der Waals surface area contributed by atoms with Crippen molar-refractivity contribution < 1.29 is 14.8 Å². The molecule has 1 aromatic heterocycles. The quantitative estimate of drug-likeness (QED) is 0.627. The second-order valence-electron chi connectivity index (χ2n) is 4.21. The molecule has 104 valence electrons. The number of nitrogens with zero attached hydrogens (tertiary/aromatic N) is 3. The number of hydrogen-bond acceptors (Lipinski definition) is 5. The van der Waals surface area contributed by atoms with Gasteiger partial charge >= 0.3 is 11.7 Å². The zero-order chi connectivity index (χ0) is 14.6. The Labute approximate surface area is 111 Å². The van der Waals surface area contributed by atoms with E-state index >= 15 is 0 Å². The number of pyridine rings is 1. The van der Waals surface area contributed by atoms with Gasteiger partial charge in [-0.1, -0.05) is 13.8 Å². The van der Waals surface area contributed by atoms with Crippen molar-refractivity contribution in [3.8, 4) is 0 Å². The smallest absolute Gasteiger partial charge is 0.337 e. The molecule has 0 spiro atoms. The monoisotopic (exact) mass is 267 g/mol. The molecule has 1 N–H and O–H groups in total. The Hall–Kier alpha value is -2.18. The lowest BCUT2D eigenvalue weighted by molar-refractivity contribution is -0.384. The van der Waals surface area contributed by atoms with Gasteiger partial charge in [-0.05, 0) is 12.8 Å². The number of aromatic nitrogens is 1. The first-order chi connectivity index (χ1) is 8.92. The second kappa shape index (κ2) is 6.12. The first-order valence-corrected chi connectivity index (χ1v) is 6.02. The largest absolute Gasteiger partial charge is 0.478 e. The standard InChI is InChI=1S/C12H17N3O4/c1-4-9(5-2)14(3)11-10(15(18)19)6-8(7-13-11)12(16)17/h6-7,9H,4-5H2,1-3H3,(H,16,17). The van der Waals surface area contributed by atoms with Crippen LogP contribution in [0.25, 0.3) is 0 Å². The average Bonchev–Trinajstić information content (AvgIpc) is 2.39. The van der Waals surface area contributed by atoms with Gasteiger partial charge in [0.25, 0.3) is 0 Å². The molecule has 7 heteroatoms. The van der Waals surface area contributed by atoms with E-state index in [2.05, 4.69) is 4.98 Å². The van der Waals surface area contributed by atoms with Crippen LogP contribution >= 0.6 is 0 Å². The average molecular weight is 267 g/mol. The third-order valence-corrected chi connectivity index (χ3v) is 3.12. The fraction of sp³-hybridized carbons (Fsp3) is 0.500. The molecule has 0 aliphatic carbocycles. The SMILES string of the molecule is CCC(CC)N(C)c1ncc(C(=O)O)cc1[N+](=O)[O-]. The molecule has 1 rings (SSSR count). The van der Waals surface area contributed by atoms with E-state index in [4.69, 9.17) is 5.11 Å². The van der Waals surface area contributed by atoms with Gasteiger partial charge < -0.3 is 10.0 Å². The Kier molecular flexibility index (Phi) is 4.80. The van der Waals surface area contributed by atoms with Crippen molar-refractivity contribution in [1.29, 1.82) is 0 Å². The minimum absolute atomic E-state index is 0.127. The number of rotatable bonds is 6. The minimum Gasteiger partial charge on any atom is -0.478 e. The van der Waals surface area contributed by atoms with E-state index in [1.54, 1.807) is 11.9 Å². The van der Waals surface area contributed by atoms with Gasteiger partial charge in [0.05, 0.1) is 10.5 Å².